The summed E-state index contributed by atoms with van der Waals surface area (Å²) in [6.07, 6.45) is 1.10. The first kappa shape index (κ1) is 16.1. The summed E-state index contributed by atoms with van der Waals surface area (Å²) in [6.45, 7) is 7.53. The minimum absolute atomic E-state index is 0.516. The fourth-order valence-electron chi connectivity index (χ4n) is 2.41. The van der Waals surface area contributed by atoms with E-state index >= 15 is 0 Å². The predicted octanol–water partition coefficient (Wildman–Crippen LogP) is 4.62. The molecule has 0 radical (unpaired) electrons. The molecule has 21 heavy (non-hydrogen) atoms. The van der Waals surface area contributed by atoms with Gasteiger partial charge in [0.05, 0.1) is 0 Å². The summed E-state index contributed by atoms with van der Waals surface area (Å²) in [6, 6.07) is 18.0. The van der Waals surface area contributed by atoms with Gasteiger partial charge in [-0.15, -0.1) is 11.8 Å². The topological polar surface area (TPSA) is 12.0 Å². The van der Waals surface area contributed by atoms with Crippen molar-refractivity contribution in [2.75, 3.05) is 12.3 Å². The van der Waals surface area contributed by atoms with E-state index in [1.165, 1.54) is 21.6 Å². The zero-order valence-electron chi connectivity index (χ0n) is 13.2. The number of rotatable bonds is 7. The van der Waals surface area contributed by atoms with Gasteiger partial charge < -0.3 is 5.32 Å². The van der Waals surface area contributed by atoms with Crippen molar-refractivity contribution in [3.8, 4) is 0 Å². The normalized spacial score (nSPS) is 12.3. The molecule has 2 aromatic rings. The van der Waals surface area contributed by atoms with Gasteiger partial charge in [0.25, 0.3) is 0 Å². The first-order valence-electron chi connectivity index (χ1n) is 7.66. The number of nitrogens with one attached hydrogen (secondary N) is 1. The lowest BCUT2D eigenvalue weighted by Crippen LogP contribution is -2.33. The fraction of sp³-hybridized carbons (Fsp3) is 0.368. The largest absolute Gasteiger partial charge is 0.313 e. The van der Waals surface area contributed by atoms with Gasteiger partial charge in [0.1, 0.15) is 0 Å². The van der Waals surface area contributed by atoms with Crippen LogP contribution in [0.4, 0.5) is 0 Å². The monoisotopic (exact) mass is 299 g/mol. The maximum absolute atomic E-state index is 3.62. The minimum atomic E-state index is 0.516. The lowest BCUT2D eigenvalue weighted by molar-refractivity contribution is 0.571. The van der Waals surface area contributed by atoms with Crippen LogP contribution in [0.3, 0.4) is 0 Å². The Labute approximate surface area is 133 Å². The molecule has 1 unspecified atom stereocenters. The van der Waals surface area contributed by atoms with E-state index in [0.717, 1.165) is 18.7 Å². The highest BCUT2D eigenvalue weighted by Gasteiger charge is 2.10. The first-order chi connectivity index (χ1) is 10.2. The van der Waals surface area contributed by atoms with Crippen LogP contribution in [-0.2, 0) is 6.42 Å². The third kappa shape index (κ3) is 5.22. The molecule has 0 aliphatic heterocycles. The predicted molar refractivity (Wildman–Crippen MR) is 94.3 cm³/mol. The quantitative estimate of drug-likeness (QED) is 0.749. The average Bonchev–Trinajstić information content (AvgIpc) is 2.49. The summed E-state index contributed by atoms with van der Waals surface area (Å²) < 4.78 is 0. The molecule has 0 saturated heterocycles. The van der Waals surface area contributed by atoms with Gasteiger partial charge in [-0.05, 0) is 50.1 Å². The molecule has 0 saturated carbocycles. The van der Waals surface area contributed by atoms with Crippen LogP contribution in [0.1, 0.15) is 23.6 Å². The molecule has 1 atom stereocenters. The van der Waals surface area contributed by atoms with Gasteiger partial charge >= 0.3 is 0 Å². The summed E-state index contributed by atoms with van der Waals surface area (Å²) in [4.78, 5) is 1.35. The first-order valence-corrected chi connectivity index (χ1v) is 8.65. The van der Waals surface area contributed by atoms with Crippen molar-refractivity contribution in [3.63, 3.8) is 0 Å². The van der Waals surface area contributed by atoms with Gasteiger partial charge in [0.15, 0.2) is 0 Å². The standard InChI is InChI=1S/C19H25NS/c1-4-20-18(13-17-8-6-5-7-16(17)3)14-21-19-11-9-15(2)10-12-19/h5-12,18,20H,4,13-14H2,1-3H3. The van der Waals surface area contributed by atoms with Crippen LogP contribution in [0, 0.1) is 13.8 Å². The highest BCUT2D eigenvalue weighted by Crippen LogP contribution is 2.21. The summed E-state index contributed by atoms with van der Waals surface area (Å²) in [5, 5.41) is 3.62. The van der Waals surface area contributed by atoms with Crippen LogP contribution in [0.15, 0.2) is 53.4 Å². The number of hydrogen-bond acceptors (Lipinski definition) is 2. The van der Waals surface area contributed by atoms with E-state index in [1.54, 1.807) is 0 Å². The molecule has 2 rings (SSSR count). The zero-order chi connectivity index (χ0) is 15.1. The van der Waals surface area contributed by atoms with Gasteiger partial charge in [-0.2, -0.15) is 0 Å². The summed E-state index contributed by atoms with van der Waals surface area (Å²) in [5.41, 5.74) is 4.16. The Balaban J connectivity index is 1.95. The Kier molecular flexibility index (Phi) is 6.34. The maximum atomic E-state index is 3.62. The summed E-state index contributed by atoms with van der Waals surface area (Å²) in [5.74, 6) is 1.10. The van der Waals surface area contributed by atoms with E-state index in [1.807, 2.05) is 11.8 Å². The number of likely N-dealkylation sites (N-methyl/N-ethyl adjacent to an activating group) is 1. The van der Waals surface area contributed by atoms with E-state index in [-0.39, 0.29) is 0 Å². The van der Waals surface area contributed by atoms with Crippen molar-refractivity contribution < 1.29 is 0 Å². The van der Waals surface area contributed by atoms with Crippen molar-refractivity contribution in [2.45, 2.75) is 38.1 Å². The Morgan fingerprint density at radius 1 is 1.00 bits per heavy atom. The second kappa shape index (κ2) is 8.26. The van der Waals surface area contributed by atoms with Crippen LogP contribution in [-0.4, -0.2) is 18.3 Å². The van der Waals surface area contributed by atoms with Gasteiger partial charge in [0.2, 0.25) is 0 Å². The number of aryl methyl sites for hydroxylation is 2. The molecule has 0 heterocycles. The van der Waals surface area contributed by atoms with Crippen LogP contribution < -0.4 is 5.32 Å². The van der Waals surface area contributed by atoms with Crippen LogP contribution in [0.25, 0.3) is 0 Å². The molecule has 112 valence electrons. The fourth-order valence-corrected chi connectivity index (χ4v) is 3.37. The van der Waals surface area contributed by atoms with E-state index < -0.39 is 0 Å². The molecular formula is C19H25NS. The molecule has 1 nitrogen and oxygen atoms in total. The highest BCUT2D eigenvalue weighted by atomic mass is 32.2. The third-order valence-corrected chi connectivity index (χ3v) is 4.87. The molecule has 0 fully saturated rings. The highest BCUT2D eigenvalue weighted by molar-refractivity contribution is 7.99. The van der Waals surface area contributed by atoms with Crippen molar-refractivity contribution >= 4 is 11.8 Å². The second-order valence-corrected chi connectivity index (χ2v) is 6.60. The Morgan fingerprint density at radius 2 is 1.71 bits per heavy atom. The van der Waals surface area contributed by atoms with Crippen molar-refractivity contribution in [1.29, 1.82) is 0 Å². The van der Waals surface area contributed by atoms with E-state index in [0.29, 0.717) is 6.04 Å². The Morgan fingerprint density at radius 3 is 2.38 bits per heavy atom. The van der Waals surface area contributed by atoms with Gasteiger partial charge in [-0.3, -0.25) is 0 Å². The molecule has 0 aliphatic rings. The van der Waals surface area contributed by atoms with E-state index in [2.05, 4.69) is 74.6 Å². The number of thioether (sulfide) groups is 1. The van der Waals surface area contributed by atoms with Gasteiger partial charge in [0, 0.05) is 16.7 Å². The minimum Gasteiger partial charge on any atom is -0.313 e. The van der Waals surface area contributed by atoms with Crippen molar-refractivity contribution in [1.82, 2.24) is 5.32 Å². The molecule has 2 aromatic carbocycles. The third-order valence-electron chi connectivity index (χ3n) is 3.69. The van der Waals surface area contributed by atoms with Gasteiger partial charge in [-0.25, -0.2) is 0 Å². The van der Waals surface area contributed by atoms with Crippen LogP contribution >= 0.6 is 11.8 Å². The summed E-state index contributed by atoms with van der Waals surface area (Å²) in [7, 11) is 0. The molecule has 1 N–H and O–H groups in total. The van der Waals surface area contributed by atoms with Crippen molar-refractivity contribution in [3.05, 3.63) is 65.2 Å². The zero-order valence-corrected chi connectivity index (χ0v) is 14.0. The van der Waals surface area contributed by atoms with E-state index in [9.17, 15) is 0 Å². The Bertz CT molecular complexity index is 548. The molecule has 0 bridgehead atoms. The molecular weight excluding hydrogens is 274 g/mol. The SMILES string of the molecule is CCNC(CSc1ccc(C)cc1)Cc1ccccc1C. The molecule has 0 amide bonds. The smallest absolute Gasteiger partial charge is 0.0202 e. The van der Waals surface area contributed by atoms with Crippen LogP contribution in [0.2, 0.25) is 0 Å². The maximum Gasteiger partial charge on any atom is 0.0202 e. The molecule has 0 spiro atoms. The van der Waals surface area contributed by atoms with E-state index in [4.69, 9.17) is 0 Å². The van der Waals surface area contributed by atoms with Crippen LogP contribution in [0.5, 0.6) is 0 Å². The average molecular weight is 299 g/mol. The molecule has 0 aliphatic carbocycles. The molecule has 2 heteroatoms. The van der Waals surface area contributed by atoms with Crippen molar-refractivity contribution in [2.24, 2.45) is 0 Å². The molecule has 0 aromatic heterocycles. The number of hydrogen-bond donors (Lipinski definition) is 1. The lowest BCUT2D eigenvalue weighted by Gasteiger charge is -2.19. The van der Waals surface area contributed by atoms with Gasteiger partial charge in [-0.1, -0.05) is 48.9 Å². The second-order valence-electron chi connectivity index (χ2n) is 5.51. The summed E-state index contributed by atoms with van der Waals surface area (Å²) >= 11 is 1.94. The Hall–Kier alpha value is -1.25. The number of benzene rings is 2. The lowest BCUT2D eigenvalue weighted by atomic mass is 10.0.